The topological polar surface area (TPSA) is 79.6 Å². The zero-order chi connectivity index (χ0) is 17.6. The lowest BCUT2D eigenvalue weighted by atomic mass is 10.2. The number of benzene rings is 1. The zero-order valence-corrected chi connectivity index (χ0v) is 15.7. The number of carbonyl (C=O) groups excluding carboxylic acids is 1. The predicted octanol–water partition coefficient (Wildman–Crippen LogP) is 2.44. The van der Waals surface area contributed by atoms with Gasteiger partial charge in [0.05, 0.1) is 0 Å². The normalized spacial score (nSPS) is 17.4. The summed E-state index contributed by atoms with van der Waals surface area (Å²) in [5.74, 6) is 0.00119. The lowest BCUT2D eigenvalue weighted by Gasteiger charge is -2.18. The first kappa shape index (κ1) is 16.2. The van der Waals surface area contributed by atoms with Crippen molar-refractivity contribution >= 4 is 49.0 Å². The van der Waals surface area contributed by atoms with Crippen molar-refractivity contribution in [3.63, 3.8) is 0 Å². The quantitative estimate of drug-likeness (QED) is 0.704. The van der Waals surface area contributed by atoms with E-state index in [1.54, 1.807) is 4.90 Å². The van der Waals surface area contributed by atoms with E-state index in [4.69, 9.17) is 0 Å². The van der Waals surface area contributed by atoms with Gasteiger partial charge in [-0.2, -0.15) is 4.52 Å². The second-order valence-corrected chi connectivity index (χ2v) is 7.60. The number of anilines is 2. The van der Waals surface area contributed by atoms with Gasteiger partial charge in [0.1, 0.15) is 6.04 Å². The molecule has 0 saturated carbocycles. The molecule has 1 aliphatic rings. The summed E-state index contributed by atoms with van der Waals surface area (Å²) in [5.41, 5.74) is 1.73. The molecule has 0 bridgehead atoms. The molecule has 1 N–H and O–H groups in total. The molecule has 7 nitrogen and oxygen atoms in total. The van der Waals surface area contributed by atoms with Crippen molar-refractivity contribution in [3.05, 3.63) is 50.9 Å². The molecule has 9 heteroatoms. The van der Waals surface area contributed by atoms with Gasteiger partial charge in [-0.3, -0.25) is 9.59 Å². The summed E-state index contributed by atoms with van der Waals surface area (Å²) in [7, 11) is 0. The van der Waals surface area contributed by atoms with Crippen molar-refractivity contribution in [2.24, 2.45) is 0 Å². The number of halogens is 1. The predicted molar refractivity (Wildman–Crippen MR) is 100 cm³/mol. The van der Waals surface area contributed by atoms with Gasteiger partial charge in [-0.15, -0.1) is 5.10 Å². The lowest BCUT2D eigenvalue weighted by molar-refractivity contribution is -0.117. The van der Waals surface area contributed by atoms with Crippen LogP contribution >= 0.6 is 27.3 Å². The average Bonchev–Trinajstić information content (AvgIpc) is 3.16. The Morgan fingerprint density at radius 3 is 2.92 bits per heavy atom. The van der Waals surface area contributed by atoms with Crippen LogP contribution in [0.15, 0.2) is 39.7 Å². The lowest BCUT2D eigenvalue weighted by Crippen LogP contribution is -2.33. The summed E-state index contributed by atoms with van der Waals surface area (Å²) >= 11 is 4.73. The average molecular weight is 420 g/mol. The molecular formula is C16H14BrN5O2S. The standard InChI is InChI=1S/C16H14BrN5O2S/c1-9-8-10(2-3-11(9)17)21-7-5-12(14(21)24)19-15-20-22-13(23)4-6-18-16(22)25-15/h2-4,6,8,12H,5,7H2,1H3,(H,19,20). The minimum atomic E-state index is -0.361. The Morgan fingerprint density at radius 1 is 1.32 bits per heavy atom. The molecule has 3 heterocycles. The van der Waals surface area contributed by atoms with Crippen LogP contribution in [0.1, 0.15) is 12.0 Å². The summed E-state index contributed by atoms with van der Waals surface area (Å²) < 4.78 is 2.26. The zero-order valence-electron chi connectivity index (χ0n) is 13.3. The first-order valence-corrected chi connectivity index (χ1v) is 9.33. The Bertz CT molecular complexity index is 1030. The van der Waals surface area contributed by atoms with Crippen LogP contribution in [0.25, 0.3) is 4.96 Å². The highest BCUT2D eigenvalue weighted by Crippen LogP contribution is 2.28. The number of nitrogens with zero attached hydrogens (tertiary/aromatic N) is 4. The molecule has 0 aliphatic carbocycles. The fourth-order valence-corrected chi connectivity index (χ4v) is 3.89. The maximum atomic E-state index is 12.7. The number of rotatable bonds is 3. The number of hydrogen-bond donors (Lipinski definition) is 1. The van der Waals surface area contributed by atoms with Gasteiger partial charge in [0.15, 0.2) is 0 Å². The smallest absolute Gasteiger partial charge is 0.275 e. The summed E-state index contributed by atoms with van der Waals surface area (Å²) in [6.45, 7) is 2.64. The van der Waals surface area contributed by atoms with Crippen LogP contribution in [-0.4, -0.2) is 33.1 Å². The van der Waals surface area contributed by atoms with Crippen LogP contribution in [0, 0.1) is 6.92 Å². The molecule has 2 aromatic heterocycles. The van der Waals surface area contributed by atoms with Gasteiger partial charge < -0.3 is 10.2 Å². The summed E-state index contributed by atoms with van der Waals surface area (Å²) in [6, 6.07) is 6.86. The van der Waals surface area contributed by atoms with Gasteiger partial charge in [0.2, 0.25) is 16.0 Å². The fourth-order valence-electron chi connectivity index (χ4n) is 2.82. The van der Waals surface area contributed by atoms with Gasteiger partial charge in [-0.25, -0.2) is 4.98 Å². The summed E-state index contributed by atoms with van der Waals surface area (Å²) in [5, 5.41) is 7.86. The SMILES string of the molecule is Cc1cc(N2CCC(Nc3nn4c(=O)ccnc4s3)C2=O)ccc1Br. The van der Waals surface area contributed by atoms with Crippen molar-refractivity contribution in [1.82, 2.24) is 14.6 Å². The van der Waals surface area contributed by atoms with E-state index < -0.39 is 0 Å². The summed E-state index contributed by atoms with van der Waals surface area (Å²) in [4.78, 5) is 30.9. The highest BCUT2D eigenvalue weighted by molar-refractivity contribution is 9.10. The molecule has 1 fully saturated rings. The van der Waals surface area contributed by atoms with Gasteiger partial charge >= 0.3 is 0 Å². The monoisotopic (exact) mass is 419 g/mol. The molecule has 1 saturated heterocycles. The highest BCUT2D eigenvalue weighted by atomic mass is 79.9. The van der Waals surface area contributed by atoms with Gasteiger partial charge in [0.25, 0.3) is 5.56 Å². The number of amides is 1. The van der Waals surface area contributed by atoms with E-state index in [0.29, 0.717) is 23.1 Å². The Labute approximate surface area is 155 Å². The highest BCUT2D eigenvalue weighted by Gasteiger charge is 2.33. The van der Waals surface area contributed by atoms with Crippen LogP contribution in [-0.2, 0) is 4.79 Å². The van der Waals surface area contributed by atoms with Crippen molar-refractivity contribution in [2.75, 3.05) is 16.8 Å². The Kier molecular flexibility index (Phi) is 4.04. The first-order chi connectivity index (χ1) is 12.0. The molecule has 1 unspecified atom stereocenters. The number of carbonyl (C=O) groups is 1. The van der Waals surface area contributed by atoms with Crippen molar-refractivity contribution < 1.29 is 4.79 Å². The molecule has 0 radical (unpaired) electrons. The summed E-state index contributed by atoms with van der Waals surface area (Å²) in [6.07, 6.45) is 2.13. The van der Waals surface area contributed by atoms with Crippen molar-refractivity contribution in [2.45, 2.75) is 19.4 Å². The van der Waals surface area contributed by atoms with Crippen LogP contribution in [0.3, 0.4) is 0 Å². The van der Waals surface area contributed by atoms with Crippen LogP contribution in [0.2, 0.25) is 0 Å². The van der Waals surface area contributed by atoms with Gasteiger partial charge in [-0.05, 0) is 37.1 Å². The number of nitrogens with one attached hydrogen (secondary N) is 1. The minimum absolute atomic E-state index is 0.00119. The van der Waals surface area contributed by atoms with E-state index >= 15 is 0 Å². The number of fused-ring (bicyclic) bond motifs is 1. The minimum Gasteiger partial charge on any atom is -0.348 e. The Morgan fingerprint density at radius 2 is 2.16 bits per heavy atom. The van der Waals surface area contributed by atoms with Crippen LogP contribution in [0.4, 0.5) is 10.8 Å². The van der Waals surface area contributed by atoms with E-state index in [1.807, 2.05) is 25.1 Å². The second kappa shape index (κ2) is 6.23. The first-order valence-electron chi connectivity index (χ1n) is 7.72. The third kappa shape index (κ3) is 2.93. The van der Waals surface area contributed by atoms with E-state index in [-0.39, 0.29) is 17.5 Å². The fraction of sp³-hybridized carbons (Fsp3) is 0.250. The number of aromatic nitrogens is 3. The molecule has 1 aliphatic heterocycles. The maximum Gasteiger partial charge on any atom is 0.275 e. The van der Waals surface area contributed by atoms with Crippen molar-refractivity contribution in [3.8, 4) is 0 Å². The van der Waals surface area contributed by atoms with E-state index in [0.717, 1.165) is 15.7 Å². The molecular weight excluding hydrogens is 406 g/mol. The third-order valence-electron chi connectivity index (χ3n) is 4.13. The molecule has 1 amide bonds. The Hall–Kier alpha value is -2.26. The van der Waals surface area contributed by atoms with Gasteiger partial charge in [0, 0.05) is 29.0 Å². The number of hydrogen-bond acceptors (Lipinski definition) is 6. The largest absolute Gasteiger partial charge is 0.348 e. The Balaban J connectivity index is 1.55. The number of aryl methyl sites for hydroxylation is 1. The molecule has 0 spiro atoms. The molecule has 25 heavy (non-hydrogen) atoms. The molecule has 1 aromatic carbocycles. The molecule has 1 atom stereocenters. The third-order valence-corrected chi connectivity index (χ3v) is 5.87. The molecule has 3 aromatic rings. The van der Waals surface area contributed by atoms with Gasteiger partial charge in [-0.1, -0.05) is 27.3 Å². The van der Waals surface area contributed by atoms with E-state index in [9.17, 15) is 9.59 Å². The second-order valence-electron chi connectivity index (χ2n) is 5.79. The molecule has 4 rings (SSSR count). The van der Waals surface area contributed by atoms with Crippen LogP contribution in [0.5, 0.6) is 0 Å². The maximum absolute atomic E-state index is 12.7. The van der Waals surface area contributed by atoms with E-state index in [1.165, 1.54) is 28.1 Å². The molecule has 128 valence electrons. The van der Waals surface area contributed by atoms with E-state index in [2.05, 4.69) is 31.3 Å². The van der Waals surface area contributed by atoms with Crippen molar-refractivity contribution in [1.29, 1.82) is 0 Å². The van der Waals surface area contributed by atoms with Crippen LogP contribution < -0.4 is 15.8 Å².